The first kappa shape index (κ1) is 26.6. The molecule has 0 aromatic carbocycles. The average Bonchev–Trinajstić information content (AvgIpc) is 2.91. The number of rotatable bonds is 8. The van der Waals surface area contributed by atoms with Gasteiger partial charge in [-0.15, -0.1) is 0 Å². The van der Waals surface area contributed by atoms with Gasteiger partial charge in [-0.2, -0.15) is 0 Å². The summed E-state index contributed by atoms with van der Waals surface area (Å²) < 4.78 is 0. The van der Waals surface area contributed by atoms with Crippen molar-refractivity contribution in [3.63, 3.8) is 0 Å². The summed E-state index contributed by atoms with van der Waals surface area (Å²) in [5.41, 5.74) is 2.65. The Balaban J connectivity index is 1.50. The number of hydrogen-bond acceptors (Lipinski definition) is 6. The summed E-state index contributed by atoms with van der Waals surface area (Å²) in [5, 5.41) is 9.06. The second kappa shape index (κ2) is 12.2. The van der Waals surface area contributed by atoms with Crippen molar-refractivity contribution in [2.45, 2.75) is 51.9 Å². The predicted octanol–water partition coefficient (Wildman–Crippen LogP) is 4.78. The van der Waals surface area contributed by atoms with Crippen LogP contribution in [0.1, 0.15) is 56.2 Å². The predicted molar refractivity (Wildman–Crippen MR) is 148 cm³/mol. The first-order valence-corrected chi connectivity index (χ1v) is 13.4. The number of nitrogens with zero attached hydrogens (tertiary/aromatic N) is 5. The zero-order chi connectivity index (χ0) is 26.4. The Hall–Kier alpha value is -3.42. The SMILES string of the molecule is Cc1cc(C=CC(=O)O)cc(N(CC2CCN(c3ccc(N(C)C)nc3)CC2)C(=O)C2CCCCC2)n1. The topological polar surface area (TPSA) is 89.9 Å². The van der Waals surface area contributed by atoms with Crippen LogP contribution in [0.3, 0.4) is 0 Å². The minimum Gasteiger partial charge on any atom is -0.478 e. The highest BCUT2D eigenvalue weighted by Crippen LogP contribution is 2.31. The molecular weight excluding hydrogens is 466 g/mol. The van der Waals surface area contributed by atoms with E-state index in [-0.39, 0.29) is 11.8 Å². The monoisotopic (exact) mass is 505 g/mol. The number of piperidine rings is 1. The van der Waals surface area contributed by atoms with Gasteiger partial charge in [0.1, 0.15) is 11.6 Å². The molecule has 1 aliphatic heterocycles. The number of carbonyl (C=O) groups is 2. The molecule has 0 spiro atoms. The number of aryl methyl sites for hydroxylation is 1. The van der Waals surface area contributed by atoms with Crippen LogP contribution in [-0.4, -0.2) is 60.7 Å². The standard InChI is InChI=1S/C29H39N5O3/c1-21-17-23(9-12-28(35)36)18-27(31-21)34(29(37)24-7-5-4-6-8-24)20-22-13-15-33(16-14-22)25-10-11-26(30-19-25)32(2)3/h9-12,17-19,22,24H,4-8,13-16,20H2,1-3H3,(H,35,36). The zero-order valence-corrected chi connectivity index (χ0v) is 22.3. The number of carboxylic acid groups (broad SMARTS) is 1. The van der Waals surface area contributed by atoms with Gasteiger partial charge in [0, 0.05) is 51.4 Å². The number of pyridine rings is 2. The van der Waals surface area contributed by atoms with Crippen LogP contribution >= 0.6 is 0 Å². The van der Waals surface area contributed by atoms with Crippen molar-refractivity contribution in [1.29, 1.82) is 0 Å². The Kier molecular flexibility index (Phi) is 8.79. The van der Waals surface area contributed by atoms with Crippen molar-refractivity contribution in [3.05, 3.63) is 47.8 Å². The minimum absolute atomic E-state index is 0.0375. The van der Waals surface area contributed by atoms with E-state index in [4.69, 9.17) is 10.1 Å². The quantitative estimate of drug-likeness (QED) is 0.517. The Morgan fingerprint density at radius 3 is 2.41 bits per heavy atom. The van der Waals surface area contributed by atoms with E-state index in [1.807, 2.05) is 55.2 Å². The number of amides is 1. The van der Waals surface area contributed by atoms with Crippen molar-refractivity contribution >= 4 is 35.3 Å². The molecule has 8 heteroatoms. The largest absolute Gasteiger partial charge is 0.478 e. The molecule has 1 saturated heterocycles. The Morgan fingerprint density at radius 1 is 1.05 bits per heavy atom. The van der Waals surface area contributed by atoms with Gasteiger partial charge in [-0.25, -0.2) is 14.8 Å². The van der Waals surface area contributed by atoms with E-state index in [0.29, 0.717) is 18.3 Å². The van der Waals surface area contributed by atoms with Crippen LogP contribution in [0.5, 0.6) is 0 Å². The van der Waals surface area contributed by atoms with Gasteiger partial charge in [0.2, 0.25) is 5.91 Å². The van der Waals surface area contributed by atoms with Gasteiger partial charge in [0.15, 0.2) is 0 Å². The third kappa shape index (κ3) is 7.08. The fraction of sp³-hybridized carbons (Fsp3) is 0.517. The number of carboxylic acids is 1. The molecule has 1 aliphatic carbocycles. The molecule has 1 saturated carbocycles. The van der Waals surface area contributed by atoms with E-state index in [9.17, 15) is 9.59 Å². The molecular formula is C29H39N5O3. The van der Waals surface area contributed by atoms with E-state index in [0.717, 1.165) is 80.5 Å². The number of carbonyl (C=O) groups excluding carboxylic acids is 1. The number of hydrogen-bond donors (Lipinski definition) is 1. The van der Waals surface area contributed by atoms with E-state index in [1.54, 1.807) is 6.08 Å². The lowest BCUT2D eigenvalue weighted by Crippen LogP contribution is -2.44. The second-order valence-corrected chi connectivity index (χ2v) is 10.6. The molecule has 1 amide bonds. The first-order chi connectivity index (χ1) is 17.8. The summed E-state index contributed by atoms with van der Waals surface area (Å²) in [7, 11) is 3.98. The molecule has 8 nitrogen and oxygen atoms in total. The van der Waals surface area contributed by atoms with Crippen molar-refractivity contribution in [1.82, 2.24) is 9.97 Å². The summed E-state index contributed by atoms with van der Waals surface area (Å²) in [6, 6.07) is 7.87. The summed E-state index contributed by atoms with van der Waals surface area (Å²) in [5.74, 6) is 1.15. The first-order valence-electron chi connectivity index (χ1n) is 13.4. The van der Waals surface area contributed by atoms with Crippen LogP contribution in [0.4, 0.5) is 17.3 Å². The van der Waals surface area contributed by atoms with Gasteiger partial charge < -0.3 is 14.9 Å². The number of aromatic nitrogens is 2. The normalized spacial score (nSPS) is 17.2. The fourth-order valence-electron chi connectivity index (χ4n) is 5.41. The van der Waals surface area contributed by atoms with Gasteiger partial charge in [0.25, 0.3) is 0 Å². The van der Waals surface area contributed by atoms with E-state index < -0.39 is 5.97 Å². The molecule has 198 valence electrons. The smallest absolute Gasteiger partial charge is 0.328 e. The molecule has 2 aromatic heterocycles. The molecule has 2 fully saturated rings. The van der Waals surface area contributed by atoms with Gasteiger partial charge in [0.05, 0.1) is 11.9 Å². The van der Waals surface area contributed by atoms with Crippen molar-refractivity contribution in [2.75, 3.05) is 48.4 Å². The molecule has 0 atom stereocenters. The van der Waals surface area contributed by atoms with Gasteiger partial charge in [-0.1, -0.05) is 19.3 Å². The summed E-state index contributed by atoms with van der Waals surface area (Å²) in [6.07, 6.45) is 11.9. The maximum Gasteiger partial charge on any atom is 0.328 e. The minimum atomic E-state index is -0.996. The van der Waals surface area contributed by atoms with E-state index >= 15 is 0 Å². The lowest BCUT2D eigenvalue weighted by atomic mass is 9.87. The molecule has 0 bridgehead atoms. The van der Waals surface area contributed by atoms with Crippen molar-refractivity contribution in [2.24, 2.45) is 11.8 Å². The lowest BCUT2D eigenvalue weighted by Gasteiger charge is -2.37. The van der Waals surface area contributed by atoms with Crippen molar-refractivity contribution in [3.8, 4) is 0 Å². The molecule has 37 heavy (non-hydrogen) atoms. The Bertz CT molecular complexity index is 1100. The van der Waals surface area contributed by atoms with Gasteiger partial charge in [-0.05, 0) is 74.4 Å². The zero-order valence-electron chi connectivity index (χ0n) is 22.3. The maximum absolute atomic E-state index is 13.8. The van der Waals surface area contributed by atoms with Crippen LogP contribution in [0.15, 0.2) is 36.5 Å². The third-order valence-electron chi connectivity index (χ3n) is 7.49. The summed E-state index contributed by atoms with van der Waals surface area (Å²) in [4.78, 5) is 40.4. The summed E-state index contributed by atoms with van der Waals surface area (Å²) >= 11 is 0. The fourth-order valence-corrected chi connectivity index (χ4v) is 5.41. The maximum atomic E-state index is 13.8. The molecule has 4 rings (SSSR count). The van der Waals surface area contributed by atoms with Gasteiger partial charge in [-0.3, -0.25) is 9.69 Å². The highest BCUT2D eigenvalue weighted by Gasteiger charge is 2.31. The van der Waals surface area contributed by atoms with Crippen LogP contribution in [0.25, 0.3) is 6.08 Å². The van der Waals surface area contributed by atoms with E-state index in [1.165, 1.54) is 6.42 Å². The molecule has 2 aromatic rings. The average molecular weight is 506 g/mol. The van der Waals surface area contributed by atoms with E-state index in [2.05, 4.69) is 16.0 Å². The second-order valence-electron chi connectivity index (χ2n) is 10.6. The Labute approximate surface area is 220 Å². The van der Waals surface area contributed by atoms with Crippen LogP contribution in [0, 0.1) is 18.8 Å². The molecule has 0 radical (unpaired) electrons. The van der Waals surface area contributed by atoms with Crippen molar-refractivity contribution < 1.29 is 14.7 Å². The van der Waals surface area contributed by atoms with Crippen LogP contribution in [0.2, 0.25) is 0 Å². The number of aliphatic carboxylic acids is 1. The highest BCUT2D eigenvalue weighted by molar-refractivity contribution is 5.94. The van der Waals surface area contributed by atoms with Gasteiger partial charge >= 0.3 is 5.97 Å². The molecule has 3 heterocycles. The Morgan fingerprint density at radius 2 is 1.78 bits per heavy atom. The number of anilines is 3. The van der Waals surface area contributed by atoms with Crippen LogP contribution < -0.4 is 14.7 Å². The molecule has 2 aliphatic rings. The molecule has 1 N–H and O–H groups in total. The van der Waals surface area contributed by atoms with Crippen LogP contribution in [-0.2, 0) is 9.59 Å². The third-order valence-corrected chi connectivity index (χ3v) is 7.49. The molecule has 0 unspecified atom stereocenters. The highest BCUT2D eigenvalue weighted by atomic mass is 16.4. The summed E-state index contributed by atoms with van der Waals surface area (Å²) in [6.45, 7) is 4.37. The lowest BCUT2D eigenvalue weighted by molar-refractivity contribution is -0.131.